The maximum atomic E-state index is 5.77. The normalized spacial score (nSPS) is 9.73. The standard InChI is InChI=1S/C10H9ClN2O.ClH/c11-8-3-1-7(2-4-8)9-6-13-10(5-12)14-9;/h1-4,6H,5,12H2;1H. The van der Waals surface area contributed by atoms with E-state index in [9.17, 15) is 0 Å². The van der Waals surface area contributed by atoms with E-state index in [-0.39, 0.29) is 12.4 Å². The molecule has 0 aliphatic rings. The zero-order valence-electron chi connectivity index (χ0n) is 7.81. The minimum atomic E-state index is 0. The van der Waals surface area contributed by atoms with E-state index < -0.39 is 0 Å². The molecule has 1 heterocycles. The highest BCUT2D eigenvalue weighted by atomic mass is 35.5. The van der Waals surface area contributed by atoms with E-state index >= 15 is 0 Å². The highest BCUT2D eigenvalue weighted by molar-refractivity contribution is 6.30. The Kier molecular flexibility index (Phi) is 4.15. The summed E-state index contributed by atoms with van der Waals surface area (Å²) in [6.45, 7) is 0.313. The molecule has 5 heteroatoms. The molecule has 2 aromatic rings. The molecule has 80 valence electrons. The van der Waals surface area contributed by atoms with Gasteiger partial charge in [0.25, 0.3) is 0 Å². The maximum Gasteiger partial charge on any atom is 0.208 e. The number of nitrogens with two attached hydrogens (primary N) is 1. The van der Waals surface area contributed by atoms with Gasteiger partial charge in [-0.05, 0) is 24.3 Å². The molecule has 0 amide bonds. The lowest BCUT2D eigenvalue weighted by atomic mass is 10.2. The van der Waals surface area contributed by atoms with Gasteiger partial charge in [-0.15, -0.1) is 12.4 Å². The van der Waals surface area contributed by atoms with Crippen molar-refractivity contribution in [2.24, 2.45) is 5.73 Å². The summed E-state index contributed by atoms with van der Waals surface area (Å²) in [5.74, 6) is 1.25. The summed E-state index contributed by atoms with van der Waals surface area (Å²) in [6.07, 6.45) is 1.66. The van der Waals surface area contributed by atoms with Crippen molar-refractivity contribution in [3.05, 3.63) is 41.4 Å². The minimum Gasteiger partial charge on any atom is -0.439 e. The summed E-state index contributed by atoms with van der Waals surface area (Å²) in [4.78, 5) is 4.01. The van der Waals surface area contributed by atoms with Crippen molar-refractivity contribution in [3.8, 4) is 11.3 Å². The lowest BCUT2D eigenvalue weighted by Crippen LogP contribution is -1.94. The van der Waals surface area contributed by atoms with E-state index in [1.54, 1.807) is 6.20 Å². The number of halogens is 2. The fourth-order valence-corrected chi connectivity index (χ4v) is 1.28. The molecule has 0 saturated carbocycles. The minimum absolute atomic E-state index is 0. The van der Waals surface area contributed by atoms with E-state index in [4.69, 9.17) is 21.8 Å². The molecule has 0 fully saturated rings. The van der Waals surface area contributed by atoms with Gasteiger partial charge in [-0.2, -0.15) is 0 Å². The molecule has 0 atom stereocenters. The van der Waals surface area contributed by atoms with Gasteiger partial charge in [-0.1, -0.05) is 11.6 Å². The van der Waals surface area contributed by atoms with Crippen LogP contribution in [0.25, 0.3) is 11.3 Å². The van der Waals surface area contributed by atoms with Gasteiger partial charge in [0, 0.05) is 10.6 Å². The topological polar surface area (TPSA) is 52.0 Å². The van der Waals surface area contributed by atoms with Gasteiger partial charge >= 0.3 is 0 Å². The van der Waals surface area contributed by atoms with Crippen LogP contribution in [0, 0.1) is 0 Å². The third-order valence-electron chi connectivity index (χ3n) is 1.86. The summed E-state index contributed by atoms with van der Waals surface area (Å²) in [7, 11) is 0. The van der Waals surface area contributed by atoms with Crippen molar-refractivity contribution in [2.45, 2.75) is 6.54 Å². The molecular weight excluding hydrogens is 235 g/mol. The first-order valence-electron chi connectivity index (χ1n) is 4.20. The van der Waals surface area contributed by atoms with Crippen LogP contribution in [0.2, 0.25) is 5.02 Å². The number of rotatable bonds is 2. The lowest BCUT2D eigenvalue weighted by molar-refractivity contribution is 0.509. The van der Waals surface area contributed by atoms with Gasteiger partial charge in [0.15, 0.2) is 5.76 Å². The first-order valence-corrected chi connectivity index (χ1v) is 4.58. The summed E-state index contributed by atoms with van der Waals surface area (Å²) < 4.78 is 5.38. The van der Waals surface area contributed by atoms with Gasteiger partial charge in [-0.25, -0.2) is 4.98 Å². The Morgan fingerprint density at radius 2 is 1.93 bits per heavy atom. The molecule has 0 unspecified atom stereocenters. The highest BCUT2D eigenvalue weighted by Gasteiger charge is 2.04. The smallest absolute Gasteiger partial charge is 0.208 e. The number of hydrogen-bond donors (Lipinski definition) is 1. The van der Waals surface area contributed by atoms with Gasteiger partial charge in [0.05, 0.1) is 12.7 Å². The van der Waals surface area contributed by atoms with Crippen LogP contribution in [-0.2, 0) is 6.54 Å². The number of hydrogen-bond acceptors (Lipinski definition) is 3. The Labute approximate surface area is 98.7 Å². The SMILES string of the molecule is Cl.NCc1ncc(-c2ccc(Cl)cc2)o1. The van der Waals surface area contributed by atoms with Crippen molar-refractivity contribution in [1.82, 2.24) is 4.98 Å². The Balaban J connectivity index is 0.00000112. The van der Waals surface area contributed by atoms with Crippen molar-refractivity contribution in [3.63, 3.8) is 0 Å². The molecule has 2 N–H and O–H groups in total. The highest BCUT2D eigenvalue weighted by Crippen LogP contribution is 2.21. The summed E-state index contributed by atoms with van der Waals surface area (Å²) in [5, 5.41) is 0.701. The quantitative estimate of drug-likeness (QED) is 0.884. The average Bonchev–Trinajstić information content (AvgIpc) is 2.67. The number of benzene rings is 1. The van der Waals surface area contributed by atoms with Crippen LogP contribution in [0.5, 0.6) is 0 Å². The lowest BCUT2D eigenvalue weighted by Gasteiger charge is -1.95. The van der Waals surface area contributed by atoms with Crippen molar-refractivity contribution in [2.75, 3.05) is 0 Å². The second-order valence-electron chi connectivity index (χ2n) is 2.83. The largest absolute Gasteiger partial charge is 0.439 e. The maximum absolute atomic E-state index is 5.77. The molecule has 0 bridgehead atoms. The van der Waals surface area contributed by atoms with Crippen LogP contribution >= 0.6 is 24.0 Å². The monoisotopic (exact) mass is 244 g/mol. The average molecular weight is 245 g/mol. The van der Waals surface area contributed by atoms with Gasteiger partial charge in [0.1, 0.15) is 0 Å². The molecule has 1 aromatic heterocycles. The van der Waals surface area contributed by atoms with Crippen molar-refractivity contribution in [1.29, 1.82) is 0 Å². The third-order valence-corrected chi connectivity index (χ3v) is 2.11. The van der Waals surface area contributed by atoms with E-state index in [2.05, 4.69) is 4.98 Å². The molecule has 0 radical (unpaired) electrons. The van der Waals surface area contributed by atoms with E-state index in [1.807, 2.05) is 24.3 Å². The van der Waals surface area contributed by atoms with E-state index in [1.165, 1.54) is 0 Å². The Morgan fingerprint density at radius 3 is 2.47 bits per heavy atom. The third kappa shape index (κ3) is 2.72. The number of nitrogens with zero attached hydrogens (tertiary/aromatic N) is 1. The number of aromatic nitrogens is 1. The Bertz CT molecular complexity index is 425. The van der Waals surface area contributed by atoms with Crippen LogP contribution < -0.4 is 5.73 Å². The molecular formula is C10H10Cl2N2O. The second-order valence-corrected chi connectivity index (χ2v) is 3.27. The first-order chi connectivity index (χ1) is 6.79. The van der Waals surface area contributed by atoms with Crippen LogP contribution in [-0.4, -0.2) is 4.98 Å². The zero-order valence-corrected chi connectivity index (χ0v) is 9.39. The molecule has 2 rings (SSSR count). The number of oxazole rings is 1. The summed E-state index contributed by atoms with van der Waals surface area (Å²) in [5.41, 5.74) is 6.33. The molecule has 0 spiro atoms. The van der Waals surface area contributed by atoms with E-state index in [0.29, 0.717) is 23.2 Å². The molecule has 3 nitrogen and oxygen atoms in total. The van der Waals surface area contributed by atoms with Gasteiger partial charge in [-0.3, -0.25) is 0 Å². The predicted octanol–water partition coefficient (Wildman–Crippen LogP) is 2.88. The first kappa shape index (κ1) is 12.0. The fraction of sp³-hybridized carbons (Fsp3) is 0.100. The molecule has 15 heavy (non-hydrogen) atoms. The molecule has 0 aliphatic heterocycles. The van der Waals surface area contributed by atoms with Crippen molar-refractivity contribution < 1.29 is 4.42 Å². The predicted molar refractivity (Wildman–Crippen MR) is 62.1 cm³/mol. The summed E-state index contributed by atoms with van der Waals surface area (Å²) in [6, 6.07) is 7.37. The molecule has 0 aliphatic carbocycles. The summed E-state index contributed by atoms with van der Waals surface area (Å²) >= 11 is 5.77. The van der Waals surface area contributed by atoms with Gasteiger partial charge in [0.2, 0.25) is 5.89 Å². The van der Waals surface area contributed by atoms with Crippen LogP contribution in [0.3, 0.4) is 0 Å². The zero-order chi connectivity index (χ0) is 9.97. The van der Waals surface area contributed by atoms with Gasteiger partial charge < -0.3 is 10.2 Å². The van der Waals surface area contributed by atoms with Crippen molar-refractivity contribution >= 4 is 24.0 Å². The fourth-order valence-electron chi connectivity index (χ4n) is 1.15. The van der Waals surface area contributed by atoms with Crippen LogP contribution in [0.1, 0.15) is 5.89 Å². The Hall–Kier alpha value is -1.03. The molecule has 0 saturated heterocycles. The van der Waals surface area contributed by atoms with E-state index in [0.717, 1.165) is 5.56 Å². The van der Waals surface area contributed by atoms with Crippen LogP contribution in [0.4, 0.5) is 0 Å². The second kappa shape index (κ2) is 5.16. The Morgan fingerprint density at radius 1 is 1.27 bits per heavy atom. The molecule has 1 aromatic carbocycles. The van der Waals surface area contributed by atoms with Crippen LogP contribution in [0.15, 0.2) is 34.9 Å².